The second-order valence-corrected chi connectivity index (χ2v) is 7.63. The zero-order chi connectivity index (χ0) is 20.1. The minimum Gasteiger partial charge on any atom is -0.507 e. The molecule has 0 saturated carbocycles. The van der Waals surface area contributed by atoms with E-state index in [4.69, 9.17) is 5.73 Å². The third-order valence-electron chi connectivity index (χ3n) is 5.30. The van der Waals surface area contributed by atoms with Gasteiger partial charge in [0.05, 0.1) is 0 Å². The molecule has 1 unspecified atom stereocenters. The SMILES string of the molecule is C=CCc1ccc(O)c(-c2cc(CC=C)cc(CN3CCCC(N)C3)c2O)c1. The molecule has 3 rings (SSSR count). The molecule has 2 aromatic carbocycles. The van der Waals surface area contributed by atoms with E-state index >= 15 is 0 Å². The minimum atomic E-state index is 0.157. The lowest BCUT2D eigenvalue weighted by Crippen LogP contribution is -2.42. The van der Waals surface area contributed by atoms with Crippen LogP contribution < -0.4 is 5.73 Å². The zero-order valence-electron chi connectivity index (χ0n) is 16.4. The lowest BCUT2D eigenvalue weighted by Gasteiger charge is -2.31. The number of rotatable bonds is 7. The molecule has 1 heterocycles. The molecule has 0 aromatic heterocycles. The topological polar surface area (TPSA) is 69.7 Å². The summed E-state index contributed by atoms with van der Waals surface area (Å²) >= 11 is 0. The summed E-state index contributed by atoms with van der Waals surface area (Å²) in [5.41, 5.74) is 10.4. The Labute approximate surface area is 167 Å². The van der Waals surface area contributed by atoms with E-state index in [-0.39, 0.29) is 17.5 Å². The second kappa shape index (κ2) is 9.09. The van der Waals surface area contributed by atoms with Crippen molar-refractivity contribution in [3.05, 3.63) is 72.3 Å². The number of phenolic OH excluding ortho intramolecular Hbond substituents is 2. The third-order valence-corrected chi connectivity index (χ3v) is 5.30. The number of hydrogen-bond donors (Lipinski definition) is 3. The number of benzene rings is 2. The van der Waals surface area contributed by atoms with E-state index in [2.05, 4.69) is 18.1 Å². The van der Waals surface area contributed by atoms with Gasteiger partial charge in [-0.1, -0.05) is 24.3 Å². The molecule has 1 fully saturated rings. The first-order valence-corrected chi connectivity index (χ1v) is 9.88. The lowest BCUT2D eigenvalue weighted by molar-refractivity contribution is 0.199. The number of phenols is 2. The van der Waals surface area contributed by atoms with Crippen LogP contribution in [0.1, 0.15) is 29.5 Å². The number of nitrogens with two attached hydrogens (primary N) is 1. The largest absolute Gasteiger partial charge is 0.507 e. The van der Waals surface area contributed by atoms with Crippen molar-refractivity contribution in [1.29, 1.82) is 0 Å². The van der Waals surface area contributed by atoms with Crippen molar-refractivity contribution in [2.24, 2.45) is 5.73 Å². The summed E-state index contributed by atoms with van der Waals surface area (Å²) in [5.74, 6) is 0.378. The Balaban J connectivity index is 2.03. The van der Waals surface area contributed by atoms with Crippen LogP contribution in [0, 0.1) is 0 Å². The molecule has 4 heteroatoms. The van der Waals surface area contributed by atoms with Gasteiger partial charge in [-0.2, -0.15) is 0 Å². The van der Waals surface area contributed by atoms with Gasteiger partial charge in [0.2, 0.25) is 0 Å². The van der Waals surface area contributed by atoms with Gasteiger partial charge in [-0.3, -0.25) is 4.90 Å². The predicted octanol–water partition coefficient (Wildman–Crippen LogP) is 4.14. The molecular weight excluding hydrogens is 348 g/mol. The maximum absolute atomic E-state index is 11.1. The van der Waals surface area contributed by atoms with Gasteiger partial charge in [-0.25, -0.2) is 0 Å². The molecule has 1 saturated heterocycles. The lowest BCUT2D eigenvalue weighted by atomic mass is 9.94. The molecule has 1 aliphatic heterocycles. The molecule has 148 valence electrons. The highest BCUT2D eigenvalue weighted by Gasteiger charge is 2.20. The van der Waals surface area contributed by atoms with Gasteiger partial charge >= 0.3 is 0 Å². The molecule has 0 bridgehead atoms. The van der Waals surface area contributed by atoms with E-state index in [1.165, 1.54) is 0 Å². The second-order valence-electron chi connectivity index (χ2n) is 7.63. The van der Waals surface area contributed by atoms with Crippen LogP contribution in [0.2, 0.25) is 0 Å². The van der Waals surface area contributed by atoms with Gasteiger partial charge < -0.3 is 15.9 Å². The van der Waals surface area contributed by atoms with Gasteiger partial charge in [0.1, 0.15) is 11.5 Å². The number of likely N-dealkylation sites (tertiary alicyclic amines) is 1. The Morgan fingerprint density at radius 2 is 1.75 bits per heavy atom. The van der Waals surface area contributed by atoms with E-state index in [0.717, 1.165) is 42.6 Å². The van der Waals surface area contributed by atoms with Gasteiger partial charge in [-0.15, -0.1) is 13.2 Å². The van der Waals surface area contributed by atoms with Crippen molar-refractivity contribution in [1.82, 2.24) is 4.90 Å². The van der Waals surface area contributed by atoms with Gasteiger partial charge in [0.15, 0.2) is 0 Å². The maximum Gasteiger partial charge on any atom is 0.128 e. The Kier molecular flexibility index (Phi) is 6.55. The average molecular weight is 379 g/mol. The van der Waals surface area contributed by atoms with Crippen molar-refractivity contribution < 1.29 is 10.2 Å². The highest BCUT2D eigenvalue weighted by atomic mass is 16.3. The van der Waals surface area contributed by atoms with Crippen molar-refractivity contribution >= 4 is 0 Å². The van der Waals surface area contributed by atoms with Crippen molar-refractivity contribution in [3.8, 4) is 22.6 Å². The summed E-state index contributed by atoms with van der Waals surface area (Å²) in [4.78, 5) is 2.29. The average Bonchev–Trinajstić information content (AvgIpc) is 2.66. The van der Waals surface area contributed by atoms with Crippen molar-refractivity contribution in [2.45, 2.75) is 38.3 Å². The molecule has 1 atom stereocenters. The minimum absolute atomic E-state index is 0.157. The first-order chi connectivity index (χ1) is 13.5. The Morgan fingerprint density at radius 3 is 2.46 bits per heavy atom. The number of aromatic hydroxyl groups is 2. The normalized spacial score (nSPS) is 17.4. The van der Waals surface area contributed by atoms with Crippen LogP contribution in [-0.2, 0) is 19.4 Å². The summed E-state index contributed by atoms with van der Waals surface area (Å²) in [6.45, 7) is 10.1. The molecule has 0 amide bonds. The summed E-state index contributed by atoms with van der Waals surface area (Å²) < 4.78 is 0. The van der Waals surface area contributed by atoms with E-state index in [9.17, 15) is 10.2 Å². The highest BCUT2D eigenvalue weighted by Crippen LogP contribution is 2.39. The van der Waals surface area contributed by atoms with Crippen LogP contribution in [0.4, 0.5) is 0 Å². The van der Waals surface area contributed by atoms with Gasteiger partial charge in [0.25, 0.3) is 0 Å². The quantitative estimate of drug-likeness (QED) is 0.633. The molecule has 0 aliphatic carbocycles. The molecule has 28 heavy (non-hydrogen) atoms. The zero-order valence-corrected chi connectivity index (χ0v) is 16.4. The first kappa shape index (κ1) is 20.2. The fraction of sp³-hybridized carbons (Fsp3) is 0.333. The van der Waals surface area contributed by atoms with Crippen LogP contribution in [0.15, 0.2) is 55.6 Å². The van der Waals surface area contributed by atoms with Crippen LogP contribution in [0.3, 0.4) is 0 Å². The van der Waals surface area contributed by atoms with Gasteiger partial charge in [0, 0.05) is 35.8 Å². The summed E-state index contributed by atoms with van der Waals surface area (Å²) in [5, 5.41) is 21.5. The maximum atomic E-state index is 11.1. The summed E-state index contributed by atoms with van der Waals surface area (Å²) in [6, 6.07) is 9.63. The van der Waals surface area contributed by atoms with Crippen LogP contribution in [-0.4, -0.2) is 34.2 Å². The number of nitrogens with zero attached hydrogens (tertiary/aromatic N) is 1. The van der Waals surface area contributed by atoms with E-state index in [1.54, 1.807) is 6.07 Å². The third kappa shape index (κ3) is 4.64. The van der Waals surface area contributed by atoms with E-state index in [0.29, 0.717) is 30.5 Å². The molecule has 4 N–H and O–H groups in total. The fourth-order valence-corrected chi connectivity index (χ4v) is 3.94. The molecule has 0 spiro atoms. The molecule has 1 aliphatic rings. The van der Waals surface area contributed by atoms with Gasteiger partial charge in [-0.05, 0) is 61.6 Å². The smallest absolute Gasteiger partial charge is 0.128 e. The van der Waals surface area contributed by atoms with Crippen LogP contribution in [0.5, 0.6) is 11.5 Å². The number of piperidine rings is 1. The first-order valence-electron chi connectivity index (χ1n) is 9.88. The predicted molar refractivity (Wildman–Crippen MR) is 115 cm³/mol. The standard InChI is InChI=1S/C24H30N2O2/c1-3-6-17-9-10-23(27)21(13-17)22-14-18(7-4-2)12-19(24(22)28)15-26-11-5-8-20(25)16-26/h3-4,9-10,12-14,20,27-28H,1-2,5-8,11,15-16,25H2. The van der Waals surface area contributed by atoms with Crippen molar-refractivity contribution in [2.75, 3.05) is 13.1 Å². The van der Waals surface area contributed by atoms with Crippen LogP contribution >= 0.6 is 0 Å². The molecule has 2 aromatic rings. The van der Waals surface area contributed by atoms with E-state index in [1.807, 2.05) is 36.4 Å². The number of allylic oxidation sites excluding steroid dienone is 2. The Morgan fingerprint density at radius 1 is 1.04 bits per heavy atom. The Bertz CT molecular complexity index is 860. The monoisotopic (exact) mass is 378 g/mol. The fourth-order valence-electron chi connectivity index (χ4n) is 3.94. The number of hydrogen-bond acceptors (Lipinski definition) is 4. The summed E-state index contributed by atoms with van der Waals surface area (Å²) in [6.07, 6.45) is 7.21. The Hall–Kier alpha value is -2.56. The van der Waals surface area contributed by atoms with Crippen molar-refractivity contribution in [3.63, 3.8) is 0 Å². The van der Waals surface area contributed by atoms with E-state index < -0.39 is 0 Å². The molecule has 4 nitrogen and oxygen atoms in total. The van der Waals surface area contributed by atoms with Crippen LogP contribution in [0.25, 0.3) is 11.1 Å². The summed E-state index contributed by atoms with van der Waals surface area (Å²) in [7, 11) is 0. The molecule has 0 radical (unpaired) electrons. The highest BCUT2D eigenvalue weighted by molar-refractivity contribution is 5.78. The molecular formula is C24H30N2O2.